The van der Waals surface area contributed by atoms with E-state index in [1.807, 2.05) is 0 Å². The van der Waals surface area contributed by atoms with Crippen LogP contribution in [0.5, 0.6) is 0 Å². The quantitative estimate of drug-likeness (QED) is 0.329. The van der Waals surface area contributed by atoms with E-state index in [2.05, 4.69) is 0 Å². The molecule has 0 aliphatic heterocycles. The molecule has 0 atom stereocenters. The van der Waals surface area contributed by atoms with Gasteiger partial charge in [-0.3, -0.25) is 0 Å². The molecule has 15 heteroatoms. The summed E-state index contributed by atoms with van der Waals surface area (Å²) in [5.41, 5.74) is -6.13. The molecule has 30 heavy (non-hydrogen) atoms. The third kappa shape index (κ3) is 9.60. The van der Waals surface area contributed by atoms with Gasteiger partial charge < -0.3 is 49.5 Å². The van der Waals surface area contributed by atoms with E-state index >= 15 is 0 Å². The van der Waals surface area contributed by atoms with Crippen LogP contribution in [-0.4, -0.2) is 29.8 Å². The molecule has 0 unspecified atom stereocenters. The number of carbonyl (C=O) groups is 5. The second-order valence-corrected chi connectivity index (χ2v) is 4.70. The van der Waals surface area contributed by atoms with Crippen molar-refractivity contribution in [2.45, 2.75) is 0 Å². The molecular formula is C15H3K5O10. The van der Waals surface area contributed by atoms with Crippen molar-refractivity contribution >= 4 is 40.6 Å². The minimum absolute atomic E-state index is 0. The summed E-state index contributed by atoms with van der Waals surface area (Å²) in [6.45, 7) is 0. The van der Waals surface area contributed by atoms with Crippen LogP contribution < -0.4 is 282 Å². The number of aromatic carboxylic acids is 5. The van der Waals surface area contributed by atoms with Gasteiger partial charge in [0.2, 0.25) is 0 Å². The third-order valence-electron chi connectivity index (χ3n) is 3.36. The van der Waals surface area contributed by atoms with E-state index in [0.29, 0.717) is 12.1 Å². The van der Waals surface area contributed by atoms with Crippen LogP contribution in [0, 0.1) is 0 Å². The number of carboxylic acids is 5. The molecule has 2 rings (SSSR count). The summed E-state index contributed by atoms with van der Waals surface area (Å²) in [7, 11) is 0. The standard InChI is InChI=1S/C15H8O10.5K/c16-11(17)5-2-1-4-3-6(12(18)19)9(14(22)23)10(15(24)25)7(4)8(5)13(20)21;;;;;/h1-3H,(H,16,17)(H,18,19)(H,20,21)(H,22,23)(H,24,25);;;;;/q;5*+1/p-5. The van der Waals surface area contributed by atoms with Crippen molar-refractivity contribution < 1.29 is 306 Å². The second-order valence-electron chi connectivity index (χ2n) is 4.70. The molecule has 0 heterocycles. The molecule has 0 N–H and O–H groups in total. The summed E-state index contributed by atoms with van der Waals surface area (Å²) < 4.78 is 0. The van der Waals surface area contributed by atoms with E-state index in [-0.39, 0.29) is 257 Å². The Morgan fingerprint density at radius 1 is 0.500 bits per heavy atom. The predicted molar refractivity (Wildman–Crippen MR) is 65.6 cm³/mol. The van der Waals surface area contributed by atoms with Gasteiger partial charge in [-0.05, 0) is 11.5 Å². The van der Waals surface area contributed by atoms with Gasteiger partial charge in [-0.25, -0.2) is 0 Å². The van der Waals surface area contributed by atoms with Gasteiger partial charge in [-0.2, -0.15) is 0 Å². The Labute approximate surface area is 381 Å². The molecule has 0 saturated carbocycles. The zero-order valence-electron chi connectivity index (χ0n) is 16.8. The zero-order chi connectivity index (χ0) is 19.0. The van der Waals surface area contributed by atoms with Gasteiger partial charge in [0, 0.05) is 33.2 Å². The second kappa shape index (κ2) is 18.5. The van der Waals surface area contributed by atoms with Gasteiger partial charge in [0.15, 0.2) is 0 Å². The number of rotatable bonds is 5. The average molecular weight is 539 g/mol. The predicted octanol–water partition coefficient (Wildman–Crippen LogP) is -20.3. The molecule has 0 aromatic heterocycles. The van der Waals surface area contributed by atoms with Crippen LogP contribution in [0.15, 0.2) is 18.2 Å². The molecule has 2 aromatic carbocycles. The van der Waals surface area contributed by atoms with Crippen molar-refractivity contribution in [1.82, 2.24) is 0 Å². The van der Waals surface area contributed by atoms with Gasteiger partial charge in [0.05, 0.1) is 29.8 Å². The van der Waals surface area contributed by atoms with E-state index in [0.717, 1.165) is 6.07 Å². The van der Waals surface area contributed by atoms with Crippen LogP contribution in [0.4, 0.5) is 0 Å². The maximum Gasteiger partial charge on any atom is 1.00 e. The molecule has 0 spiro atoms. The van der Waals surface area contributed by atoms with E-state index in [9.17, 15) is 49.5 Å². The third-order valence-corrected chi connectivity index (χ3v) is 3.36. The van der Waals surface area contributed by atoms with Gasteiger partial charge in [-0.15, -0.1) is 0 Å². The first-order chi connectivity index (χ1) is 11.6. The largest absolute Gasteiger partial charge is 1.00 e. The van der Waals surface area contributed by atoms with Crippen molar-refractivity contribution in [2.24, 2.45) is 0 Å². The Morgan fingerprint density at radius 2 is 0.900 bits per heavy atom. The molecule has 0 amide bonds. The van der Waals surface area contributed by atoms with Gasteiger partial charge in [0.1, 0.15) is 0 Å². The molecule has 2 aromatic rings. The number of carbonyl (C=O) groups excluding carboxylic acids is 5. The van der Waals surface area contributed by atoms with E-state index in [1.165, 1.54) is 0 Å². The van der Waals surface area contributed by atoms with E-state index in [1.54, 1.807) is 0 Å². The number of carboxylic acid groups (broad SMARTS) is 5. The van der Waals surface area contributed by atoms with Crippen molar-refractivity contribution in [3.63, 3.8) is 0 Å². The van der Waals surface area contributed by atoms with E-state index in [4.69, 9.17) is 0 Å². The normalized spacial score (nSPS) is 8.67. The zero-order valence-corrected chi connectivity index (χ0v) is 32.4. The van der Waals surface area contributed by atoms with Gasteiger partial charge in [0.25, 0.3) is 0 Å². The van der Waals surface area contributed by atoms with Crippen LogP contribution in [0.1, 0.15) is 51.8 Å². The molecule has 0 aliphatic carbocycles. The first-order valence-corrected chi connectivity index (χ1v) is 6.28. The molecule has 0 saturated heterocycles. The average Bonchev–Trinajstić information content (AvgIpc) is 2.50. The Bertz CT molecular complexity index is 1010. The maximum atomic E-state index is 11.4. The molecule has 128 valence electrons. The van der Waals surface area contributed by atoms with E-state index < -0.39 is 68.4 Å². The Kier molecular flexibility index (Phi) is 25.5. The van der Waals surface area contributed by atoms with Crippen LogP contribution in [-0.2, 0) is 0 Å². The van der Waals surface area contributed by atoms with Crippen LogP contribution in [0.25, 0.3) is 10.8 Å². The maximum absolute atomic E-state index is 11.4. The monoisotopic (exact) mass is 538 g/mol. The summed E-state index contributed by atoms with van der Waals surface area (Å²) in [4.78, 5) is 56.0. The summed E-state index contributed by atoms with van der Waals surface area (Å²) >= 11 is 0. The minimum Gasteiger partial charge on any atom is -0.545 e. The molecule has 0 fully saturated rings. The fourth-order valence-corrected chi connectivity index (χ4v) is 2.45. The molecule has 0 aliphatic rings. The number of benzene rings is 2. The topological polar surface area (TPSA) is 201 Å². The summed E-state index contributed by atoms with van der Waals surface area (Å²) in [5, 5.41) is 54.7. The van der Waals surface area contributed by atoms with Crippen LogP contribution in [0.2, 0.25) is 0 Å². The Morgan fingerprint density at radius 3 is 1.23 bits per heavy atom. The molecule has 0 radical (unpaired) electrons. The molecule has 10 nitrogen and oxygen atoms in total. The van der Waals surface area contributed by atoms with Crippen LogP contribution >= 0.6 is 0 Å². The number of fused-ring (bicyclic) bond motifs is 1. The van der Waals surface area contributed by atoms with Crippen molar-refractivity contribution in [3.05, 3.63) is 46.0 Å². The van der Waals surface area contributed by atoms with Gasteiger partial charge >= 0.3 is 257 Å². The molecular weight excluding hydrogens is 536 g/mol. The molecule has 0 bridgehead atoms. The number of hydrogen-bond donors (Lipinski definition) is 0. The fraction of sp³-hybridized carbons (Fsp3) is 0. The summed E-state index contributed by atoms with van der Waals surface area (Å²) in [6.07, 6.45) is 0. The fourth-order valence-electron chi connectivity index (χ4n) is 2.45. The van der Waals surface area contributed by atoms with Crippen molar-refractivity contribution in [1.29, 1.82) is 0 Å². The van der Waals surface area contributed by atoms with Gasteiger partial charge in [-0.1, -0.05) is 12.1 Å². The first kappa shape index (κ1) is 41.4. The Balaban J connectivity index is -0.000000676. The SMILES string of the molecule is O=C([O-])c1cc2ccc(C(=O)[O-])c(C(=O)[O-])c2c(C(=O)[O-])c1C(=O)[O-].[K+].[K+].[K+].[K+].[K+]. The van der Waals surface area contributed by atoms with Crippen LogP contribution in [0.3, 0.4) is 0 Å². The Hall–Kier alpha value is 4.23. The smallest absolute Gasteiger partial charge is 0.545 e. The first-order valence-electron chi connectivity index (χ1n) is 6.28. The summed E-state index contributed by atoms with van der Waals surface area (Å²) in [6, 6.07) is 2.18. The minimum atomic E-state index is -2.27. The summed E-state index contributed by atoms with van der Waals surface area (Å²) in [5.74, 6) is -10.8. The van der Waals surface area contributed by atoms with Crippen molar-refractivity contribution in [3.8, 4) is 0 Å². The van der Waals surface area contributed by atoms with Crippen molar-refractivity contribution in [2.75, 3.05) is 0 Å². The number of hydrogen-bond acceptors (Lipinski definition) is 10.